The SMILES string of the molecule is Nc1ccncc1Cn1c(-c2c(Cl)cccc2Cl)nc2ccnc(Cl)c21. The highest BCUT2D eigenvalue weighted by molar-refractivity contribution is 6.39. The Balaban J connectivity index is 2.02. The maximum absolute atomic E-state index is 6.41. The minimum atomic E-state index is 0.340. The summed E-state index contributed by atoms with van der Waals surface area (Å²) < 4.78 is 1.91. The average Bonchev–Trinajstić information content (AvgIpc) is 2.96. The molecule has 4 rings (SSSR count). The lowest BCUT2D eigenvalue weighted by Gasteiger charge is -2.13. The van der Waals surface area contributed by atoms with E-state index >= 15 is 0 Å². The van der Waals surface area contributed by atoms with Gasteiger partial charge in [-0.2, -0.15) is 0 Å². The molecule has 0 saturated carbocycles. The predicted molar refractivity (Wildman–Crippen MR) is 106 cm³/mol. The van der Waals surface area contributed by atoms with Crippen LogP contribution in [0.25, 0.3) is 22.4 Å². The zero-order valence-corrected chi connectivity index (χ0v) is 15.6. The van der Waals surface area contributed by atoms with Gasteiger partial charge in [0.05, 0.1) is 27.7 Å². The molecule has 0 aliphatic heterocycles. The second-order valence-electron chi connectivity index (χ2n) is 5.66. The number of nitrogens with two attached hydrogens (primary N) is 1. The van der Waals surface area contributed by atoms with Crippen molar-refractivity contribution in [2.45, 2.75) is 6.54 Å². The fourth-order valence-electron chi connectivity index (χ4n) is 2.84. The van der Waals surface area contributed by atoms with Crippen LogP contribution in [0.5, 0.6) is 0 Å². The molecule has 0 unspecified atom stereocenters. The number of aromatic nitrogens is 4. The van der Waals surface area contributed by atoms with E-state index in [9.17, 15) is 0 Å². The van der Waals surface area contributed by atoms with Gasteiger partial charge in [0.25, 0.3) is 0 Å². The van der Waals surface area contributed by atoms with Crippen LogP contribution < -0.4 is 5.73 Å². The summed E-state index contributed by atoms with van der Waals surface area (Å²) in [5.74, 6) is 0.591. The van der Waals surface area contributed by atoms with Crippen molar-refractivity contribution in [3.8, 4) is 11.4 Å². The Morgan fingerprint density at radius 3 is 2.50 bits per heavy atom. The third-order valence-corrected chi connectivity index (χ3v) is 4.97. The summed E-state index contributed by atoms with van der Waals surface area (Å²) >= 11 is 19.2. The summed E-state index contributed by atoms with van der Waals surface area (Å²) in [5.41, 5.74) is 9.55. The van der Waals surface area contributed by atoms with Crippen molar-refractivity contribution in [2.24, 2.45) is 0 Å². The molecule has 0 amide bonds. The molecular formula is C18H12Cl3N5. The van der Waals surface area contributed by atoms with E-state index in [2.05, 4.69) is 9.97 Å². The molecule has 3 aromatic heterocycles. The predicted octanol–water partition coefficient (Wildman–Crippen LogP) is 5.08. The van der Waals surface area contributed by atoms with Crippen molar-refractivity contribution in [2.75, 3.05) is 5.73 Å². The van der Waals surface area contributed by atoms with Crippen molar-refractivity contribution in [1.29, 1.82) is 0 Å². The van der Waals surface area contributed by atoms with Crippen LogP contribution in [0.2, 0.25) is 15.2 Å². The second-order valence-corrected chi connectivity index (χ2v) is 6.83. The fraction of sp³-hybridized carbons (Fsp3) is 0.0556. The Labute approximate surface area is 164 Å². The first kappa shape index (κ1) is 17.1. The van der Waals surface area contributed by atoms with Crippen molar-refractivity contribution >= 4 is 51.5 Å². The molecule has 0 atom stereocenters. The van der Waals surface area contributed by atoms with Gasteiger partial charge in [-0.1, -0.05) is 40.9 Å². The van der Waals surface area contributed by atoms with Crippen LogP contribution in [-0.4, -0.2) is 19.5 Å². The van der Waals surface area contributed by atoms with Crippen molar-refractivity contribution in [1.82, 2.24) is 19.5 Å². The standard InChI is InChI=1S/C18H12Cl3N5/c19-11-2-1-3-12(20)15(11)18-25-14-5-7-24-17(21)16(14)26(18)9-10-8-23-6-4-13(10)22/h1-8H,9H2,(H2,22,23). The molecule has 3 heterocycles. The first-order chi connectivity index (χ1) is 12.6. The third-order valence-electron chi connectivity index (χ3n) is 4.07. The highest BCUT2D eigenvalue weighted by Gasteiger charge is 2.20. The number of halogens is 3. The molecule has 0 fully saturated rings. The number of nitrogens with zero attached hydrogens (tertiary/aromatic N) is 4. The van der Waals surface area contributed by atoms with E-state index in [1.54, 1.807) is 48.9 Å². The number of rotatable bonds is 3. The van der Waals surface area contributed by atoms with Gasteiger partial charge in [-0.15, -0.1) is 0 Å². The van der Waals surface area contributed by atoms with E-state index in [4.69, 9.17) is 45.5 Å². The molecule has 0 aliphatic carbocycles. The summed E-state index contributed by atoms with van der Waals surface area (Å²) in [6.07, 6.45) is 4.97. The normalized spacial score (nSPS) is 11.2. The molecule has 130 valence electrons. The number of fused-ring (bicyclic) bond motifs is 1. The molecular weight excluding hydrogens is 393 g/mol. The molecule has 0 saturated heterocycles. The Morgan fingerprint density at radius 2 is 1.77 bits per heavy atom. The first-order valence-electron chi connectivity index (χ1n) is 7.69. The number of benzene rings is 1. The second kappa shape index (κ2) is 6.76. The number of hydrogen-bond donors (Lipinski definition) is 1. The molecule has 2 N–H and O–H groups in total. The van der Waals surface area contributed by atoms with Gasteiger partial charge in [-0.05, 0) is 24.3 Å². The van der Waals surface area contributed by atoms with Crippen molar-refractivity contribution < 1.29 is 0 Å². The number of nitrogen functional groups attached to an aromatic ring is 1. The van der Waals surface area contributed by atoms with Gasteiger partial charge in [0, 0.05) is 29.8 Å². The van der Waals surface area contributed by atoms with Gasteiger partial charge in [-0.3, -0.25) is 4.98 Å². The average molecular weight is 405 g/mol. The number of pyridine rings is 2. The van der Waals surface area contributed by atoms with Crippen LogP contribution in [0.4, 0.5) is 5.69 Å². The molecule has 1 aromatic carbocycles. The Kier molecular flexibility index (Phi) is 4.44. The Morgan fingerprint density at radius 1 is 1.00 bits per heavy atom. The quantitative estimate of drug-likeness (QED) is 0.483. The van der Waals surface area contributed by atoms with E-state index < -0.39 is 0 Å². The summed E-state index contributed by atoms with van der Waals surface area (Å²) in [7, 11) is 0. The fourth-order valence-corrected chi connectivity index (χ4v) is 3.66. The molecule has 5 nitrogen and oxygen atoms in total. The zero-order chi connectivity index (χ0) is 18.3. The summed E-state index contributed by atoms with van der Waals surface area (Å²) in [4.78, 5) is 13.0. The Hall–Kier alpha value is -2.34. The van der Waals surface area contributed by atoms with E-state index in [-0.39, 0.29) is 0 Å². The van der Waals surface area contributed by atoms with Crippen LogP contribution in [0.15, 0.2) is 48.9 Å². The topological polar surface area (TPSA) is 69.6 Å². The molecule has 26 heavy (non-hydrogen) atoms. The largest absolute Gasteiger partial charge is 0.398 e. The Bertz CT molecular complexity index is 1100. The lowest BCUT2D eigenvalue weighted by atomic mass is 10.2. The lowest BCUT2D eigenvalue weighted by molar-refractivity contribution is 0.830. The first-order valence-corrected chi connectivity index (χ1v) is 8.83. The monoisotopic (exact) mass is 403 g/mol. The summed E-state index contributed by atoms with van der Waals surface area (Å²) in [6, 6.07) is 8.86. The summed E-state index contributed by atoms with van der Waals surface area (Å²) in [6.45, 7) is 0.401. The number of imidazole rings is 1. The van der Waals surface area contributed by atoms with Gasteiger partial charge in [0.2, 0.25) is 0 Å². The lowest BCUT2D eigenvalue weighted by Crippen LogP contribution is -2.06. The maximum atomic E-state index is 6.41. The third kappa shape index (κ3) is 2.88. The van der Waals surface area contributed by atoms with Crippen molar-refractivity contribution in [3.63, 3.8) is 0 Å². The molecule has 0 radical (unpaired) electrons. The minimum Gasteiger partial charge on any atom is -0.398 e. The van der Waals surface area contributed by atoms with Gasteiger partial charge < -0.3 is 10.3 Å². The molecule has 4 aromatic rings. The van der Waals surface area contributed by atoms with Crippen LogP contribution in [-0.2, 0) is 6.54 Å². The van der Waals surface area contributed by atoms with Crippen LogP contribution in [0.3, 0.4) is 0 Å². The van der Waals surface area contributed by atoms with Crippen LogP contribution >= 0.6 is 34.8 Å². The van der Waals surface area contributed by atoms with Gasteiger partial charge in [-0.25, -0.2) is 9.97 Å². The molecule has 0 bridgehead atoms. The van der Waals surface area contributed by atoms with E-state index in [1.165, 1.54) is 0 Å². The molecule has 0 aliphatic rings. The molecule has 8 heteroatoms. The van der Waals surface area contributed by atoms with Gasteiger partial charge in [0.15, 0.2) is 5.15 Å². The van der Waals surface area contributed by atoms with Crippen LogP contribution in [0, 0.1) is 0 Å². The smallest absolute Gasteiger partial charge is 0.154 e. The van der Waals surface area contributed by atoms with E-state index in [0.717, 1.165) is 5.56 Å². The highest BCUT2D eigenvalue weighted by Crippen LogP contribution is 2.37. The van der Waals surface area contributed by atoms with E-state index in [0.29, 0.717) is 49.9 Å². The van der Waals surface area contributed by atoms with Crippen LogP contribution in [0.1, 0.15) is 5.56 Å². The van der Waals surface area contributed by atoms with Gasteiger partial charge in [0.1, 0.15) is 11.3 Å². The molecule has 0 spiro atoms. The number of anilines is 1. The van der Waals surface area contributed by atoms with Gasteiger partial charge >= 0.3 is 0 Å². The van der Waals surface area contributed by atoms with E-state index in [1.807, 2.05) is 4.57 Å². The zero-order valence-electron chi connectivity index (χ0n) is 13.3. The minimum absolute atomic E-state index is 0.340. The number of hydrogen-bond acceptors (Lipinski definition) is 4. The van der Waals surface area contributed by atoms with Crippen molar-refractivity contribution in [3.05, 3.63) is 69.7 Å². The maximum Gasteiger partial charge on any atom is 0.154 e. The summed E-state index contributed by atoms with van der Waals surface area (Å²) in [5, 5.41) is 1.33. The highest BCUT2D eigenvalue weighted by atomic mass is 35.5.